The summed E-state index contributed by atoms with van der Waals surface area (Å²) in [5, 5.41) is 11.4. The van der Waals surface area contributed by atoms with Gasteiger partial charge in [-0.2, -0.15) is 0 Å². The van der Waals surface area contributed by atoms with Gasteiger partial charge in [0.05, 0.1) is 17.4 Å². The van der Waals surface area contributed by atoms with Gasteiger partial charge in [-0.3, -0.25) is 14.4 Å². The second kappa shape index (κ2) is 8.46. The van der Waals surface area contributed by atoms with Crippen LogP contribution in [0.1, 0.15) is 29.5 Å². The summed E-state index contributed by atoms with van der Waals surface area (Å²) in [5.41, 5.74) is -0.987. The van der Waals surface area contributed by atoms with Crippen molar-refractivity contribution in [3.05, 3.63) is 83.2 Å². The van der Waals surface area contributed by atoms with Gasteiger partial charge < -0.3 is 19.6 Å². The molecular formula is C27H25FN2O5. The lowest BCUT2D eigenvalue weighted by molar-refractivity contribution is -0.145. The van der Waals surface area contributed by atoms with Crippen molar-refractivity contribution in [2.45, 2.75) is 31.4 Å². The minimum absolute atomic E-state index is 0.00557. The van der Waals surface area contributed by atoms with Gasteiger partial charge in [-0.05, 0) is 37.5 Å². The third-order valence-corrected chi connectivity index (χ3v) is 6.98. The second-order valence-electron chi connectivity index (χ2n) is 9.00. The van der Waals surface area contributed by atoms with Crippen LogP contribution in [0, 0.1) is 12.7 Å². The van der Waals surface area contributed by atoms with Gasteiger partial charge in [0.15, 0.2) is 5.54 Å². The molecule has 2 unspecified atom stereocenters. The molecular weight excluding hydrogens is 451 g/mol. The number of halogens is 1. The summed E-state index contributed by atoms with van der Waals surface area (Å²) < 4.78 is 20.1. The van der Waals surface area contributed by atoms with E-state index in [0.717, 1.165) is 12.5 Å². The number of benzene rings is 2. The summed E-state index contributed by atoms with van der Waals surface area (Å²) in [6.07, 6.45) is 2.68. The van der Waals surface area contributed by atoms with Crippen LogP contribution < -0.4 is 4.90 Å². The fraction of sp³-hybridized carbons (Fsp3) is 0.296. The summed E-state index contributed by atoms with van der Waals surface area (Å²) in [6, 6.07) is 10.9. The van der Waals surface area contributed by atoms with Crippen molar-refractivity contribution in [3.63, 3.8) is 0 Å². The van der Waals surface area contributed by atoms with Crippen LogP contribution in [0.2, 0.25) is 0 Å². The molecule has 8 heteroatoms. The first-order valence-corrected chi connectivity index (χ1v) is 11.5. The number of nitrogens with zero attached hydrogens (tertiary/aromatic N) is 2. The number of carbonyl (C=O) groups excluding carboxylic acids is 3. The van der Waals surface area contributed by atoms with Gasteiger partial charge >= 0.3 is 0 Å². The number of hydrogen-bond donors (Lipinski definition) is 1. The van der Waals surface area contributed by atoms with Crippen LogP contribution in [0.4, 0.5) is 10.1 Å². The second-order valence-corrected chi connectivity index (χ2v) is 9.00. The lowest BCUT2D eigenvalue weighted by atomic mass is 9.81. The van der Waals surface area contributed by atoms with E-state index in [1.54, 1.807) is 37.3 Å². The first kappa shape index (κ1) is 23.0. The Hall–Kier alpha value is -3.78. The molecule has 0 radical (unpaired) electrons. The van der Waals surface area contributed by atoms with E-state index in [1.807, 2.05) is 0 Å². The van der Waals surface area contributed by atoms with E-state index in [-0.39, 0.29) is 30.3 Å². The number of likely N-dealkylation sites (tertiary alicyclic amines) is 1. The molecule has 2 aromatic carbocycles. The molecule has 3 aliphatic heterocycles. The predicted octanol–water partition coefficient (Wildman–Crippen LogP) is 3.42. The van der Waals surface area contributed by atoms with Gasteiger partial charge in [-0.1, -0.05) is 36.4 Å². The molecule has 0 aliphatic carbocycles. The summed E-state index contributed by atoms with van der Waals surface area (Å²) in [6.45, 7) is 5.98. The van der Waals surface area contributed by atoms with E-state index in [2.05, 4.69) is 6.58 Å². The predicted molar refractivity (Wildman–Crippen MR) is 127 cm³/mol. The molecule has 3 aliphatic rings. The molecule has 0 bridgehead atoms. The lowest BCUT2D eigenvalue weighted by Crippen LogP contribution is -2.53. The average molecular weight is 477 g/mol. The van der Waals surface area contributed by atoms with Crippen LogP contribution in [0.25, 0.3) is 5.76 Å². The zero-order chi connectivity index (χ0) is 24.9. The highest BCUT2D eigenvalue weighted by Gasteiger charge is 2.67. The van der Waals surface area contributed by atoms with Crippen molar-refractivity contribution in [3.8, 4) is 0 Å². The first-order valence-electron chi connectivity index (χ1n) is 11.5. The molecule has 2 aromatic rings. The largest absolute Gasteiger partial charge is 0.507 e. The molecule has 5 rings (SSSR count). The highest BCUT2D eigenvalue weighted by Crippen LogP contribution is 2.53. The van der Waals surface area contributed by atoms with Gasteiger partial charge in [0, 0.05) is 30.8 Å². The van der Waals surface area contributed by atoms with Crippen molar-refractivity contribution in [1.82, 2.24) is 4.90 Å². The number of aryl methyl sites for hydroxylation is 1. The van der Waals surface area contributed by atoms with Gasteiger partial charge in [0.1, 0.15) is 11.6 Å². The normalized spacial score (nSPS) is 25.1. The van der Waals surface area contributed by atoms with Crippen molar-refractivity contribution in [2.75, 3.05) is 24.6 Å². The van der Waals surface area contributed by atoms with Crippen LogP contribution in [-0.4, -0.2) is 53.4 Å². The molecule has 35 heavy (non-hydrogen) atoms. The summed E-state index contributed by atoms with van der Waals surface area (Å²) in [4.78, 5) is 43.8. The van der Waals surface area contributed by atoms with Gasteiger partial charge in [-0.25, -0.2) is 4.39 Å². The molecule has 7 nitrogen and oxygen atoms in total. The first-order chi connectivity index (χ1) is 16.8. The number of carbonyl (C=O) groups is 3. The van der Waals surface area contributed by atoms with Crippen LogP contribution in [0.3, 0.4) is 0 Å². The van der Waals surface area contributed by atoms with Crippen molar-refractivity contribution >= 4 is 29.0 Å². The maximum atomic E-state index is 14.4. The smallest absolute Gasteiger partial charge is 0.296 e. The maximum absolute atomic E-state index is 14.4. The number of fused-ring (bicyclic) bond motifs is 2. The summed E-state index contributed by atoms with van der Waals surface area (Å²) >= 11 is 0. The van der Waals surface area contributed by atoms with Gasteiger partial charge in [0.2, 0.25) is 0 Å². The SMILES string of the molecule is C=CCN1C(=O)C2(C(=C(O)c3ccc(C)c(F)c3)C(=O)C(=O)N2CC2CCCO2)c2ccccc21. The van der Waals surface area contributed by atoms with E-state index >= 15 is 0 Å². The van der Waals surface area contributed by atoms with Crippen LogP contribution in [0.15, 0.2) is 60.7 Å². The number of aliphatic hydroxyl groups excluding tert-OH is 1. The van der Waals surface area contributed by atoms with Crippen LogP contribution >= 0.6 is 0 Å². The van der Waals surface area contributed by atoms with Crippen LogP contribution in [0.5, 0.6) is 0 Å². The molecule has 3 heterocycles. The minimum atomic E-state index is -1.90. The number of anilines is 1. The monoisotopic (exact) mass is 476 g/mol. The molecule has 2 fully saturated rings. The third kappa shape index (κ3) is 3.24. The molecule has 2 amide bonds. The molecule has 1 spiro atoms. The molecule has 1 N–H and O–H groups in total. The number of ether oxygens (including phenoxy) is 1. The Kier molecular flexibility index (Phi) is 5.56. The Balaban J connectivity index is 1.80. The molecule has 0 saturated carbocycles. The fourth-order valence-corrected chi connectivity index (χ4v) is 5.30. The van der Waals surface area contributed by atoms with Gasteiger partial charge in [0.25, 0.3) is 17.6 Å². The maximum Gasteiger partial charge on any atom is 0.296 e. The zero-order valence-electron chi connectivity index (χ0n) is 19.3. The summed E-state index contributed by atoms with van der Waals surface area (Å²) in [7, 11) is 0. The molecule has 2 atom stereocenters. The fourth-order valence-electron chi connectivity index (χ4n) is 5.30. The number of Topliss-reactive ketones (excluding diaryl/α,β-unsaturated/α-hetero) is 1. The quantitative estimate of drug-likeness (QED) is 0.309. The average Bonchev–Trinajstić information content (AvgIpc) is 3.51. The number of amides is 2. The van der Waals surface area contributed by atoms with E-state index in [4.69, 9.17) is 4.74 Å². The topological polar surface area (TPSA) is 87.2 Å². The molecule has 2 saturated heterocycles. The van der Waals surface area contributed by atoms with Crippen molar-refractivity contribution in [2.24, 2.45) is 0 Å². The minimum Gasteiger partial charge on any atom is -0.507 e. The standard InChI is InChI=1S/C27H25FN2O5/c1-3-12-29-21-9-5-4-8-19(21)27(26(29)34)22(23(31)17-11-10-16(2)20(28)14-17)24(32)25(33)30(27)15-18-7-6-13-35-18/h3-5,8-11,14,18,31H,1,6-7,12-13,15H2,2H3. The van der Waals surface area contributed by atoms with E-state index in [9.17, 15) is 23.9 Å². The van der Waals surface area contributed by atoms with Crippen molar-refractivity contribution < 1.29 is 28.6 Å². The van der Waals surface area contributed by atoms with E-state index < -0.39 is 34.7 Å². The highest BCUT2D eigenvalue weighted by molar-refractivity contribution is 6.50. The third-order valence-electron chi connectivity index (χ3n) is 6.98. The Bertz CT molecular complexity index is 1300. The number of ketones is 1. The Morgan fingerprint density at radius 2 is 2.03 bits per heavy atom. The van der Waals surface area contributed by atoms with E-state index in [1.165, 1.54) is 21.9 Å². The molecule has 0 aromatic heterocycles. The summed E-state index contributed by atoms with van der Waals surface area (Å²) in [5.74, 6) is -3.63. The molecule has 180 valence electrons. The number of para-hydroxylation sites is 1. The zero-order valence-corrected chi connectivity index (χ0v) is 19.3. The van der Waals surface area contributed by atoms with E-state index in [0.29, 0.717) is 29.8 Å². The highest BCUT2D eigenvalue weighted by atomic mass is 19.1. The van der Waals surface area contributed by atoms with Crippen LogP contribution in [-0.2, 0) is 24.7 Å². The number of aliphatic hydroxyl groups is 1. The Morgan fingerprint density at radius 3 is 2.71 bits per heavy atom. The van der Waals surface area contributed by atoms with Crippen molar-refractivity contribution in [1.29, 1.82) is 0 Å². The van der Waals surface area contributed by atoms with Gasteiger partial charge in [-0.15, -0.1) is 6.58 Å². The Labute approximate surface area is 202 Å². The Morgan fingerprint density at radius 1 is 1.26 bits per heavy atom. The number of hydrogen-bond acceptors (Lipinski definition) is 5. The lowest BCUT2D eigenvalue weighted by Gasteiger charge is -2.35. The number of rotatable bonds is 5.